The van der Waals surface area contributed by atoms with E-state index in [2.05, 4.69) is 5.32 Å². The van der Waals surface area contributed by atoms with Crippen LogP contribution >= 0.6 is 12.4 Å². The highest BCUT2D eigenvalue weighted by Crippen LogP contribution is 2.25. The second kappa shape index (κ2) is 7.45. The van der Waals surface area contributed by atoms with Crippen molar-refractivity contribution in [3.63, 3.8) is 0 Å². The number of hydrogen-bond donors (Lipinski definition) is 1. The topological polar surface area (TPSA) is 52.7 Å². The Morgan fingerprint density at radius 3 is 2.90 bits per heavy atom. The summed E-state index contributed by atoms with van der Waals surface area (Å²) < 4.78 is 0. The Hall–Kier alpha value is -0.810. The number of nitrogens with zero attached hydrogens (tertiary/aromatic N) is 2. The van der Waals surface area contributed by atoms with Crippen LogP contribution in [0.1, 0.15) is 38.5 Å². The summed E-state index contributed by atoms with van der Waals surface area (Å²) in [6, 6.07) is 0.513. The molecule has 5 nitrogen and oxygen atoms in total. The lowest BCUT2D eigenvalue weighted by Crippen LogP contribution is -2.37. The summed E-state index contributed by atoms with van der Waals surface area (Å²) in [6.45, 7) is 4.30. The molecule has 0 unspecified atom stereocenters. The van der Waals surface area contributed by atoms with Crippen molar-refractivity contribution < 1.29 is 9.59 Å². The van der Waals surface area contributed by atoms with E-state index in [1.807, 2.05) is 9.80 Å². The maximum atomic E-state index is 12.3. The van der Waals surface area contributed by atoms with Crippen LogP contribution in [0.4, 0.5) is 0 Å². The summed E-state index contributed by atoms with van der Waals surface area (Å²) in [5, 5.41) is 3.47. The van der Waals surface area contributed by atoms with E-state index in [9.17, 15) is 9.59 Å². The van der Waals surface area contributed by atoms with Gasteiger partial charge in [0.1, 0.15) is 0 Å². The fourth-order valence-corrected chi connectivity index (χ4v) is 3.72. The lowest BCUT2D eigenvalue weighted by molar-refractivity contribution is -0.133. The number of nitrogens with one attached hydrogen (secondary N) is 1. The Morgan fingerprint density at radius 2 is 2.10 bits per heavy atom. The van der Waals surface area contributed by atoms with Crippen LogP contribution in [0.15, 0.2) is 0 Å². The highest BCUT2D eigenvalue weighted by molar-refractivity contribution is 5.85. The van der Waals surface area contributed by atoms with Crippen LogP contribution in [0.3, 0.4) is 0 Å². The van der Waals surface area contributed by atoms with Gasteiger partial charge in [0.05, 0.1) is 0 Å². The second-order valence-electron chi connectivity index (χ2n) is 6.35. The minimum absolute atomic E-state index is 0. The third-order valence-corrected chi connectivity index (χ3v) is 4.98. The molecule has 0 radical (unpaired) electrons. The summed E-state index contributed by atoms with van der Waals surface area (Å²) >= 11 is 0. The highest BCUT2D eigenvalue weighted by Gasteiger charge is 2.37. The van der Waals surface area contributed by atoms with Crippen molar-refractivity contribution in [2.45, 2.75) is 44.6 Å². The van der Waals surface area contributed by atoms with E-state index in [-0.39, 0.29) is 24.2 Å². The Balaban J connectivity index is 0.00000161. The van der Waals surface area contributed by atoms with Crippen LogP contribution in [-0.2, 0) is 9.59 Å². The molecular formula is C15H26ClN3O2. The molecule has 21 heavy (non-hydrogen) atoms. The molecule has 120 valence electrons. The van der Waals surface area contributed by atoms with Crippen molar-refractivity contribution in [3.05, 3.63) is 0 Å². The molecule has 3 rings (SSSR count). The van der Waals surface area contributed by atoms with Gasteiger partial charge in [0, 0.05) is 45.1 Å². The van der Waals surface area contributed by atoms with Gasteiger partial charge < -0.3 is 15.1 Å². The number of amides is 2. The van der Waals surface area contributed by atoms with Gasteiger partial charge in [-0.3, -0.25) is 9.59 Å². The maximum absolute atomic E-state index is 12.3. The van der Waals surface area contributed by atoms with E-state index in [1.54, 1.807) is 0 Å². The lowest BCUT2D eigenvalue weighted by Gasteiger charge is -2.22. The quantitative estimate of drug-likeness (QED) is 0.846. The third kappa shape index (κ3) is 3.89. The van der Waals surface area contributed by atoms with E-state index in [0.717, 1.165) is 45.4 Å². The third-order valence-electron chi connectivity index (χ3n) is 4.98. The average molecular weight is 316 g/mol. The Kier molecular flexibility index (Phi) is 5.88. The predicted octanol–water partition coefficient (Wildman–Crippen LogP) is 1.02. The molecule has 3 fully saturated rings. The summed E-state index contributed by atoms with van der Waals surface area (Å²) in [4.78, 5) is 28.0. The van der Waals surface area contributed by atoms with Crippen LogP contribution in [0.2, 0.25) is 0 Å². The first-order valence-corrected chi connectivity index (χ1v) is 8.03. The number of likely N-dealkylation sites (tertiary alicyclic amines) is 2. The molecule has 0 spiro atoms. The van der Waals surface area contributed by atoms with Gasteiger partial charge in [-0.25, -0.2) is 0 Å². The smallest absolute Gasteiger partial charge is 0.224 e. The molecule has 0 bridgehead atoms. The van der Waals surface area contributed by atoms with Gasteiger partial charge in [-0.1, -0.05) is 6.42 Å². The normalized spacial score (nSPS) is 29.0. The van der Waals surface area contributed by atoms with E-state index < -0.39 is 0 Å². The number of fused-ring (bicyclic) bond motifs is 1. The predicted molar refractivity (Wildman–Crippen MR) is 83.4 cm³/mol. The summed E-state index contributed by atoms with van der Waals surface area (Å²) in [5.74, 6) is 1.10. The molecule has 0 aromatic carbocycles. The largest absolute Gasteiger partial charge is 0.342 e. The molecule has 2 atom stereocenters. The van der Waals surface area contributed by atoms with Gasteiger partial charge in [0.15, 0.2) is 0 Å². The minimum Gasteiger partial charge on any atom is -0.342 e. The number of carbonyl (C=O) groups is 2. The summed E-state index contributed by atoms with van der Waals surface area (Å²) in [7, 11) is 0. The first-order valence-electron chi connectivity index (χ1n) is 8.03. The zero-order valence-corrected chi connectivity index (χ0v) is 13.4. The van der Waals surface area contributed by atoms with Gasteiger partial charge in [-0.15, -0.1) is 12.4 Å². The average Bonchev–Trinajstić information content (AvgIpc) is 2.96. The molecule has 3 heterocycles. The number of carbonyl (C=O) groups excluding carboxylic acids is 2. The van der Waals surface area contributed by atoms with E-state index in [1.165, 1.54) is 6.42 Å². The van der Waals surface area contributed by atoms with Gasteiger partial charge in [0.2, 0.25) is 11.8 Å². The van der Waals surface area contributed by atoms with Gasteiger partial charge in [0.25, 0.3) is 0 Å². The molecule has 0 aromatic rings. The molecule has 0 saturated carbocycles. The summed E-state index contributed by atoms with van der Waals surface area (Å²) in [6.07, 6.45) is 5.57. The Bertz CT molecular complexity index is 379. The van der Waals surface area contributed by atoms with Crippen LogP contribution in [0.5, 0.6) is 0 Å². The fourth-order valence-electron chi connectivity index (χ4n) is 3.72. The van der Waals surface area contributed by atoms with Crippen LogP contribution in [0, 0.1) is 5.92 Å². The van der Waals surface area contributed by atoms with Crippen molar-refractivity contribution in [1.29, 1.82) is 0 Å². The van der Waals surface area contributed by atoms with E-state index in [4.69, 9.17) is 0 Å². The molecular weight excluding hydrogens is 290 g/mol. The van der Waals surface area contributed by atoms with Gasteiger partial charge in [-0.2, -0.15) is 0 Å². The van der Waals surface area contributed by atoms with Crippen molar-refractivity contribution in [3.8, 4) is 0 Å². The minimum atomic E-state index is 0. The fraction of sp³-hybridized carbons (Fsp3) is 0.867. The van der Waals surface area contributed by atoms with E-state index >= 15 is 0 Å². The molecule has 3 aliphatic heterocycles. The molecule has 6 heteroatoms. The van der Waals surface area contributed by atoms with Crippen molar-refractivity contribution >= 4 is 24.2 Å². The zero-order valence-electron chi connectivity index (χ0n) is 12.6. The van der Waals surface area contributed by atoms with Crippen LogP contribution in [-0.4, -0.2) is 60.4 Å². The standard InChI is InChI=1S/C15H25N3O2.ClH/c19-14-4-2-1-3-8-17(14)9-6-15(20)18-10-12-5-7-16-13(12)11-18;/h12-13,16H,1-11H2;1H/t12-,13+;/m0./s1. The van der Waals surface area contributed by atoms with E-state index in [0.29, 0.717) is 31.3 Å². The molecule has 0 aromatic heterocycles. The number of rotatable bonds is 3. The number of hydrogen-bond acceptors (Lipinski definition) is 3. The van der Waals surface area contributed by atoms with Crippen molar-refractivity contribution in [1.82, 2.24) is 15.1 Å². The second-order valence-corrected chi connectivity index (χ2v) is 6.35. The van der Waals surface area contributed by atoms with Crippen molar-refractivity contribution in [2.24, 2.45) is 5.92 Å². The van der Waals surface area contributed by atoms with Crippen LogP contribution < -0.4 is 5.32 Å². The first-order chi connectivity index (χ1) is 9.74. The van der Waals surface area contributed by atoms with Crippen LogP contribution in [0.25, 0.3) is 0 Å². The molecule has 3 aliphatic rings. The van der Waals surface area contributed by atoms with Crippen molar-refractivity contribution in [2.75, 3.05) is 32.7 Å². The maximum Gasteiger partial charge on any atom is 0.224 e. The molecule has 0 aliphatic carbocycles. The first kappa shape index (κ1) is 16.6. The lowest BCUT2D eigenvalue weighted by atomic mass is 10.1. The number of halogens is 1. The van der Waals surface area contributed by atoms with Gasteiger partial charge in [-0.05, 0) is 31.7 Å². The monoisotopic (exact) mass is 315 g/mol. The summed E-state index contributed by atoms with van der Waals surface area (Å²) in [5.41, 5.74) is 0. The van der Waals surface area contributed by atoms with Gasteiger partial charge >= 0.3 is 0 Å². The SMILES string of the molecule is Cl.O=C1CCCCCN1CCC(=O)N1C[C@@H]2CCN[C@@H]2C1. The zero-order chi connectivity index (χ0) is 13.9. The highest BCUT2D eigenvalue weighted by atomic mass is 35.5. The Labute approximate surface area is 132 Å². The molecule has 2 amide bonds. The molecule has 1 N–H and O–H groups in total. The Morgan fingerprint density at radius 1 is 1.24 bits per heavy atom. The molecule has 3 saturated heterocycles.